The number of azide groups is 1. The molecule has 0 aliphatic heterocycles. The van der Waals surface area contributed by atoms with E-state index in [4.69, 9.17) is 17.1 Å². The van der Waals surface area contributed by atoms with Crippen LogP contribution in [0.3, 0.4) is 0 Å². The van der Waals surface area contributed by atoms with Gasteiger partial charge in [0.25, 0.3) is 0 Å². The van der Waals surface area contributed by atoms with E-state index in [2.05, 4.69) is 20.7 Å². The highest BCUT2D eigenvalue weighted by Crippen LogP contribution is 2.19. The molecule has 7 heteroatoms. The molecule has 0 aromatic heterocycles. The number of carbonyl (C=O) groups excluding carboxylic acids is 1. The van der Waals surface area contributed by atoms with Gasteiger partial charge in [0, 0.05) is 18.0 Å². The third-order valence-corrected chi connectivity index (χ3v) is 2.49. The normalized spacial score (nSPS) is 9.39. The topological polar surface area (TPSA) is 89.9 Å². The Morgan fingerprint density at radius 3 is 2.89 bits per heavy atom. The smallest absolute Gasteiger partial charge is 0.319 e. The number of benzene rings is 1. The van der Waals surface area contributed by atoms with Crippen LogP contribution in [0.25, 0.3) is 10.4 Å². The molecule has 0 aliphatic rings. The van der Waals surface area contributed by atoms with Crippen molar-refractivity contribution >= 4 is 23.3 Å². The van der Waals surface area contributed by atoms with Crippen molar-refractivity contribution in [1.29, 1.82) is 0 Å². The Bertz CT molecular complexity index is 445. The third kappa shape index (κ3) is 5.43. The van der Waals surface area contributed by atoms with E-state index in [9.17, 15) is 4.79 Å². The summed E-state index contributed by atoms with van der Waals surface area (Å²) in [6, 6.07) is 6.72. The largest absolute Gasteiger partial charge is 0.338 e. The summed E-state index contributed by atoms with van der Waals surface area (Å²) < 4.78 is 0. The fourth-order valence-corrected chi connectivity index (χ4v) is 1.47. The first-order valence-corrected chi connectivity index (χ1v) is 5.92. The van der Waals surface area contributed by atoms with Gasteiger partial charge in [0.15, 0.2) is 0 Å². The highest BCUT2D eigenvalue weighted by Gasteiger charge is 2.03. The maximum absolute atomic E-state index is 11.5. The first-order valence-electron chi connectivity index (χ1n) is 5.54. The van der Waals surface area contributed by atoms with E-state index in [0.717, 1.165) is 12.8 Å². The molecule has 1 aromatic rings. The lowest BCUT2D eigenvalue weighted by molar-refractivity contribution is 0.252. The lowest BCUT2D eigenvalue weighted by Crippen LogP contribution is -2.29. The van der Waals surface area contributed by atoms with Crippen molar-refractivity contribution in [2.24, 2.45) is 5.11 Å². The number of nitrogens with zero attached hydrogens (tertiary/aromatic N) is 3. The van der Waals surface area contributed by atoms with E-state index in [0.29, 0.717) is 23.8 Å². The van der Waals surface area contributed by atoms with Crippen molar-refractivity contribution in [1.82, 2.24) is 5.32 Å². The van der Waals surface area contributed by atoms with Crippen LogP contribution in [0.15, 0.2) is 29.4 Å². The molecule has 0 saturated heterocycles. The number of amides is 2. The van der Waals surface area contributed by atoms with E-state index in [-0.39, 0.29) is 6.03 Å². The minimum Gasteiger partial charge on any atom is -0.338 e. The fourth-order valence-electron chi connectivity index (χ4n) is 1.28. The number of urea groups is 1. The van der Waals surface area contributed by atoms with Gasteiger partial charge in [-0.2, -0.15) is 0 Å². The standard InChI is InChI=1S/C11H14ClN5O/c12-9-5-1-2-6-10(9)16-11(18)14-7-3-4-8-15-17-13/h1-2,5-6H,3-4,7-8H2,(H2,14,16,18). The zero-order chi connectivity index (χ0) is 13.2. The van der Waals surface area contributed by atoms with E-state index < -0.39 is 0 Å². The summed E-state index contributed by atoms with van der Waals surface area (Å²) >= 11 is 5.90. The van der Waals surface area contributed by atoms with Gasteiger partial charge in [-0.05, 0) is 30.5 Å². The molecule has 18 heavy (non-hydrogen) atoms. The molecular formula is C11H14ClN5O. The van der Waals surface area contributed by atoms with Gasteiger partial charge >= 0.3 is 6.03 Å². The zero-order valence-electron chi connectivity index (χ0n) is 9.77. The molecule has 0 radical (unpaired) electrons. The number of carbonyl (C=O) groups is 1. The monoisotopic (exact) mass is 267 g/mol. The van der Waals surface area contributed by atoms with Gasteiger partial charge in [0.2, 0.25) is 0 Å². The molecule has 0 saturated carbocycles. The van der Waals surface area contributed by atoms with Gasteiger partial charge in [-0.3, -0.25) is 0 Å². The molecule has 0 bridgehead atoms. The van der Waals surface area contributed by atoms with Crippen LogP contribution in [0, 0.1) is 0 Å². The molecule has 0 unspecified atom stereocenters. The molecule has 0 aliphatic carbocycles. The van der Waals surface area contributed by atoms with Crippen molar-refractivity contribution in [3.05, 3.63) is 39.7 Å². The minimum absolute atomic E-state index is 0.299. The van der Waals surface area contributed by atoms with E-state index >= 15 is 0 Å². The number of hydrogen-bond donors (Lipinski definition) is 2. The Hall–Kier alpha value is -1.91. The lowest BCUT2D eigenvalue weighted by atomic mass is 10.3. The van der Waals surface area contributed by atoms with Crippen LogP contribution in [-0.2, 0) is 0 Å². The molecule has 0 fully saturated rings. The van der Waals surface area contributed by atoms with Crippen LogP contribution in [0.1, 0.15) is 12.8 Å². The molecule has 2 N–H and O–H groups in total. The second kappa shape index (κ2) is 8.22. The van der Waals surface area contributed by atoms with Crippen LogP contribution in [0.4, 0.5) is 10.5 Å². The molecule has 0 spiro atoms. The van der Waals surface area contributed by atoms with Gasteiger partial charge in [0.1, 0.15) is 0 Å². The summed E-state index contributed by atoms with van der Waals surface area (Å²) in [5, 5.41) is 9.24. The molecule has 1 aromatic carbocycles. The number of para-hydroxylation sites is 1. The number of unbranched alkanes of at least 4 members (excludes halogenated alkanes) is 1. The Morgan fingerprint density at radius 1 is 1.39 bits per heavy atom. The van der Waals surface area contributed by atoms with Crippen molar-refractivity contribution in [2.45, 2.75) is 12.8 Å². The third-order valence-electron chi connectivity index (χ3n) is 2.16. The number of rotatable bonds is 6. The summed E-state index contributed by atoms with van der Waals surface area (Å²) in [6.07, 6.45) is 1.51. The maximum Gasteiger partial charge on any atom is 0.319 e. The summed E-state index contributed by atoms with van der Waals surface area (Å²) in [4.78, 5) is 14.1. The molecule has 1 rings (SSSR count). The summed E-state index contributed by atoms with van der Waals surface area (Å²) in [7, 11) is 0. The van der Waals surface area contributed by atoms with Gasteiger partial charge in [-0.25, -0.2) is 4.79 Å². The first-order chi connectivity index (χ1) is 8.74. The number of anilines is 1. The Balaban J connectivity index is 2.22. The lowest BCUT2D eigenvalue weighted by Gasteiger charge is -2.08. The molecular weight excluding hydrogens is 254 g/mol. The fraction of sp³-hybridized carbons (Fsp3) is 0.364. The molecule has 0 heterocycles. The first kappa shape index (κ1) is 14.2. The quantitative estimate of drug-likeness (QED) is 0.351. The van der Waals surface area contributed by atoms with Crippen LogP contribution in [0.2, 0.25) is 5.02 Å². The molecule has 0 atom stereocenters. The average molecular weight is 268 g/mol. The average Bonchev–Trinajstić information content (AvgIpc) is 2.36. The van der Waals surface area contributed by atoms with Crippen molar-refractivity contribution < 1.29 is 4.79 Å². The van der Waals surface area contributed by atoms with Gasteiger partial charge in [0.05, 0.1) is 10.7 Å². The van der Waals surface area contributed by atoms with Crippen LogP contribution < -0.4 is 10.6 Å². The van der Waals surface area contributed by atoms with Gasteiger partial charge in [-0.15, -0.1) is 0 Å². The van der Waals surface area contributed by atoms with Crippen molar-refractivity contribution in [3.63, 3.8) is 0 Å². The minimum atomic E-state index is -0.299. The van der Waals surface area contributed by atoms with E-state index in [1.54, 1.807) is 24.3 Å². The highest BCUT2D eigenvalue weighted by atomic mass is 35.5. The number of halogens is 1. The Labute approximate surface area is 110 Å². The summed E-state index contributed by atoms with van der Waals surface area (Å²) in [5.74, 6) is 0. The van der Waals surface area contributed by atoms with E-state index in [1.165, 1.54) is 0 Å². The zero-order valence-corrected chi connectivity index (χ0v) is 10.5. The molecule has 6 nitrogen and oxygen atoms in total. The highest BCUT2D eigenvalue weighted by molar-refractivity contribution is 6.33. The SMILES string of the molecule is [N-]=[N+]=NCCCCNC(=O)Nc1ccccc1Cl. The molecule has 2 amide bonds. The molecule has 96 valence electrons. The Kier molecular flexibility index (Phi) is 6.46. The van der Waals surface area contributed by atoms with Crippen LogP contribution >= 0.6 is 11.6 Å². The van der Waals surface area contributed by atoms with Gasteiger partial charge in [-0.1, -0.05) is 28.8 Å². The summed E-state index contributed by atoms with van der Waals surface area (Å²) in [5.41, 5.74) is 8.64. The summed E-state index contributed by atoms with van der Waals surface area (Å²) in [6.45, 7) is 0.974. The number of nitrogens with one attached hydrogen (secondary N) is 2. The van der Waals surface area contributed by atoms with Crippen LogP contribution in [0.5, 0.6) is 0 Å². The number of hydrogen-bond acceptors (Lipinski definition) is 2. The maximum atomic E-state index is 11.5. The van der Waals surface area contributed by atoms with Crippen molar-refractivity contribution in [3.8, 4) is 0 Å². The van der Waals surface area contributed by atoms with Gasteiger partial charge < -0.3 is 10.6 Å². The van der Waals surface area contributed by atoms with Crippen molar-refractivity contribution in [2.75, 3.05) is 18.4 Å². The van der Waals surface area contributed by atoms with E-state index in [1.807, 2.05) is 0 Å². The second-order valence-corrected chi connectivity index (χ2v) is 3.93. The van der Waals surface area contributed by atoms with Crippen LogP contribution in [-0.4, -0.2) is 19.1 Å². The predicted molar refractivity (Wildman–Crippen MR) is 71.7 cm³/mol. The second-order valence-electron chi connectivity index (χ2n) is 3.52. The predicted octanol–water partition coefficient (Wildman–Crippen LogP) is 3.55. The Morgan fingerprint density at radius 2 is 2.17 bits per heavy atom.